The summed E-state index contributed by atoms with van der Waals surface area (Å²) >= 11 is 0. The zero-order valence-corrected chi connectivity index (χ0v) is 11.1. The molecular weight excluding hydrogens is 356 g/mol. The Morgan fingerprint density at radius 1 is 0.750 bits per heavy atom. The highest BCUT2D eigenvalue weighted by Crippen LogP contribution is 2.63. The predicted molar refractivity (Wildman–Crippen MR) is 49.1 cm³/mol. The molecule has 0 spiro atoms. The van der Waals surface area contributed by atoms with Gasteiger partial charge in [0.05, 0.1) is 0 Å². The topological polar surface area (TPSA) is 18.5 Å². The van der Waals surface area contributed by atoms with Gasteiger partial charge in [-0.15, -0.1) is 0 Å². The molecule has 1 saturated heterocycles. The predicted octanol–water partition coefficient (Wildman–Crippen LogP) is 3.49. The fourth-order valence-corrected chi connectivity index (χ4v) is 2.00. The van der Waals surface area contributed by atoms with Crippen molar-refractivity contribution in [2.24, 2.45) is 0 Å². The van der Waals surface area contributed by atoms with Crippen LogP contribution in [0.4, 0.5) is 43.9 Å². The molecule has 0 bridgehead atoms. The first-order valence-corrected chi connectivity index (χ1v) is 5.44. The number of hydrogen-bond acceptors (Lipinski definition) is 2. The van der Waals surface area contributed by atoms with Crippen molar-refractivity contribution >= 4 is 18.5 Å². The summed E-state index contributed by atoms with van der Waals surface area (Å²) in [4.78, 5) is 0. The van der Waals surface area contributed by atoms with E-state index in [0.29, 0.717) is 9.24 Å². The largest absolute Gasteiger partial charge is 0.458 e. The van der Waals surface area contributed by atoms with Gasteiger partial charge in [-0.25, -0.2) is 4.39 Å². The summed E-state index contributed by atoms with van der Waals surface area (Å²) in [6.45, 7) is 0. The lowest BCUT2D eigenvalue weighted by molar-refractivity contribution is -0.569. The van der Waals surface area contributed by atoms with E-state index in [-0.39, 0.29) is 9.24 Å². The van der Waals surface area contributed by atoms with Crippen molar-refractivity contribution in [3.8, 4) is 0 Å². The highest BCUT2D eigenvalue weighted by molar-refractivity contribution is 7.20. The van der Waals surface area contributed by atoms with Crippen molar-refractivity contribution in [2.45, 2.75) is 35.3 Å². The summed E-state index contributed by atoms with van der Waals surface area (Å²) in [7, 11) is 0.525. The molecule has 0 aliphatic carbocycles. The van der Waals surface area contributed by atoms with Gasteiger partial charge in [0.15, 0.2) is 0 Å². The summed E-state index contributed by atoms with van der Waals surface area (Å²) in [5.74, 6) is -11.6. The van der Waals surface area contributed by atoms with E-state index >= 15 is 0 Å². The highest BCUT2D eigenvalue weighted by Gasteiger charge is 2.87. The van der Waals surface area contributed by atoms with Gasteiger partial charge in [0.1, 0.15) is 0 Å². The van der Waals surface area contributed by atoms with E-state index in [1.165, 1.54) is 0 Å². The van der Waals surface area contributed by atoms with Gasteiger partial charge in [-0.2, -0.15) is 39.5 Å². The molecule has 1 aliphatic rings. The standard InChI is InChI=1S/C6H4F10O2P2/c7-1(3(9,10)11)4(12,13)17-2(8,5(14,15)19)6(16,20)18-1/h19-20H2. The van der Waals surface area contributed by atoms with Gasteiger partial charge in [-0.1, -0.05) is 18.5 Å². The van der Waals surface area contributed by atoms with Crippen molar-refractivity contribution in [1.29, 1.82) is 0 Å². The average Bonchev–Trinajstić information content (AvgIpc) is 2.09. The van der Waals surface area contributed by atoms with Gasteiger partial charge in [-0.3, -0.25) is 9.47 Å². The molecule has 2 nitrogen and oxygen atoms in total. The second kappa shape index (κ2) is 4.30. The van der Waals surface area contributed by atoms with E-state index in [2.05, 4.69) is 9.47 Å². The van der Waals surface area contributed by atoms with E-state index in [1.54, 1.807) is 0 Å². The van der Waals surface area contributed by atoms with Gasteiger partial charge >= 0.3 is 29.7 Å². The molecule has 0 N–H and O–H groups in total. The van der Waals surface area contributed by atoms with Crippen molar-refractivity contribution in [3.63, 3.8) is 0 Å². The van der Waals surface area contributed by atoms with Gasteiger partial charge in [-0.05, 0) is 0 Å². The van der Waals surface area contributed by atoms with Crippen molar-refractivity contribution in [2.75, 3.05) is 0 Å². The van der Waals surface area contributed by atoms with Crippen LogP contribution in [0.3, 0.4) is 0 Å². The molecule has 0 aromatic carbocycles. The van der Waals surface area contributed by atoms with Crippen LogP contribution in [0.5, 0.6) is 0 Å². The molecule has 14 heteroatoms. The molecule has 5 unspecified atom stereocenters. The minimum atomic E-state index is -6.60. The first-order chi connectivity index (χ1) is 8.41. The van der Waals surface area contributed by atoms with Crippen LogP contribution in [0.25, 0.3) is 0 Å². The molecule has 5 atom stereocenters. The minimum Gasteiger partial charge on any atom is -0.286 e. The number of rotatable bonds is 1. The monoisotopic (exact) mass is 360 g/mol. The number of alkyl halides is 10. The molecule has 0 aromatic rings. The summed E-state index contributed by atoms with van der Waals surface area (Å²) in [5, 5.41) is 0. The molecule has 0 aromatic heterocycles. The maximum atomic E-state index is 13.6. The molecule has 1 fully saturated rings. The van der Waals surface area contributed by atoms with E-state index in [1.807, 2.05) is 0 Å². The van der Waals surface area contributed by atoms with Crippen LogP contribution in [-0.2, 0) is 9.47 Å². The van der Waals surface area contributed by atoms with E-state index in [0.717, 1.165) is 0 Å². The minimum absolute atomic E-state index is 0.232. The molecule has 0 amide bonds. The third-order valence-corrected chi connectivity index (χ3v) is 3.02. The van der Waals surface area contributed by atoms with Crippen LogP contribution in [0, 0.1) is 0 Å². The molecule has 1 heterocycles. The fourth-order valence-electron chi connectivity index (χ4n) is 1.16. The average molecular weight is 360 g/mol. The first-order valence-electron chi connectivity index (χ1n) is 4.28. The Balaban J connectivity index is 3.44. The van der Waals surface area contributed by atoms with Crippen LogP contribution < -0.4 is 0 Å². The number of ether oxygens (including phenoxy) is 2. The molecule has 0 saturated carbocycles. The highest BCUT2D eigenvalue weighted by atomic mass is 31.0. The Morgan fingerprint density at radius 3 is 1.45 bits per heavy atom. The van der Waals surface area contributed by atoms with E-state index in [4.69, 9.17) is 0 Å². The summed E-state index contributed by atoms with van der Waals surface area (Å²) < 4.78 is 133. The van der Waals surface area contributed by atoms with Crippen LogP contribution in [0.2, 0.25) is 0 Å². The summed E-state index contributed by atoms with van der Waals surface area (Å²) in [6, 6.07) is 0. The lowest BCUT2D eigenvalue weighted by Crippen LogP contribution is -2.74. The van der Waals surface area contributed by atoms with Gasteiger partial charge < -0.3 is 0 Å². The molecule has 0 radical (unpaired) electrons. The second-order valence-corrected chi connectivity index (χ2v) is 5.14. The third-order valence-electron chi connectivity index (χ3n) is 2.16. The Labute approximate surface area is 108 Å². The van der Waals surface area contributed by atoms with E-state index < -0.39 is 35.3 Å². The number of halogens is 10. The normalized spacial score (nSPS) is 42.6. The zero-order chi connectivity index (χ0) is 16.4. The van der Waals surface area contributed by atoms with Crippen LogP contribution in [0.1, 0.15) is 0 Å². The Kier molecular flexibility index (Phi) is 3.90. The lowest BCUT2D eigenvalue weighted by Gasteiger charge is -2.50. The van der Waals surface area contributed by atoms with Crippen molar-refractivity contribution < 1.29 is 53.4 Å². The Hall–Kier alpha value is 0.0800. The maximum absolute atomic E-state index is 13.6. The molecular formula is C6H4F10O2P2. The summed E-state index contributed by atoms with van der Waals surface area (Å²) in [5.41, 5.74) is -10.1. The third kappa shape index (κ3) is 2.28. The Morgan fingerprint density at radius 2 is 1.15 bits per heavy atom. The van der Waals surface area contributed by atoms with Crippen LogP contribution in [-0.4, -0.2) is 35.3 Å². The maximum Gasteiger partial charge on any atom is 0.458 e. The van der Waals surface area contributed by atoms with Gasteiger partial charge in [0.2, 0.25) is 0 Å². The number of hydrogen-bond donors (Lipinski definition) is 0. The quantitative estimate of drug-likeness (QED) is 0.527. The second-order valence-electron chi connectivity index (χ2n) is 3.68. The Bertz CT molecular complexity index is 368. The van der Waals surface area contributed by atoms with Crippen molar-refractivity contribution in [3.05, 3.63) is 0 Å². The van der Waals surface area contributed by atoms with Crippen molar-refractivity contribution in [1.82, 2.24) is 0 Å². The smallest absolute Gasteiger partial charge is 0.286 e. The SMILES string of the molecule is FC(F)(F)C1(F)OC(F)(P)C(F)(C(F)(F)P)OC1(F)F. The first kappa shape index (κ1) is 18.1. The van der Waals surface area contributed by atoms with Gasteiger partial charge in [0.25, 0.3) is 5.60 Å². The molecule has 1 aliphatic heterocycles. The lowest BCUT2D eigenvalue weighted by atomic mass is 10.2. The summed E-state index contributed by atoms with van der Waals surface area (Å²) in [6.07, 6.45) is -12.9. The molecule has 20 heavy (non-hydrogen) atoms. The molecule has 120 valence electrons. The molecule has 1 rings (SSSR count). The fraction of sp³-hybridized carbons (Fsp3) is 1.00. The van der Waals surface area contributed by atoms with Gasteiger partial charge in [0, 0.05) is 0 Å². The van der Waals surface area contributed by atoms with Crippen LogP contribution in [0.15, 0.2) is 0 Å². The van der Waals surface area contributed by atoms with Crippen LogP contribution >= 0.6 is 18.5 Å². The zero-order valence-electron chi connectivity index (χ0n) is 8.75. The van der Waals surface area contributed by atoms with E-state index in [9.17, 15) is 43.9 Å².